The van der Waals surface area contributed by atoms with Crippen LogP contribution in [0.2, 0.25) is 0 Å². The maximum atomic E-state index is 2.89. The van der Waals surface area contributed by atoms with Crippen molar-refractivity contribution in [3.05, 3.63) is 144 Å². The molecule has 3 aromatic carbocycles. The summed E-state index contributed by atoms with van der Waals surface area (Å²) in [6.45, 7) is 12.1. The van der Waals surface area contributed by atoms with E-state index in [4.69, 9.17) is 0 Å². The standard InChI is InChI=1S/C44H44N3/c1-29-12-10-14-34(26-29)40-22-25-45(40)46-41-17-7-6-15-35(41)36-27-32(19-20-42(36)46)33-21-24-44(5)38(28-33)37-16-8-9-23-43(37,4)47(44)39-18-11-13-30(2)31(39)3/h6-12,14-23,25-28,30-31,37,39H,13,24H2,1-5H3/q+1. The number of fused-ring (bicyclic) bond motifs is 6. The number of aromatic nitrogens is 1. The Balaban J connectivity index is 1.13. The highest BCUT2D eigenvalue weighted by Gasteiger charge is 2.60. The van der Waals surface area contributed by atoms with Crippen LogP contribution in [0.15, 0.2) is 127 Å². The lowest BCUT2D eigenvalue weighted by Crippen LogP contribution is -2.59. The van der Waals surface area contributed by atoms with Crippen molar-refractivity contribution in [2.24, 2.45) is 17.8 Å². The monoisotopic (exact) mass is 614 g/mol. The molecule has 234 valence electrons. The van der Waals surface area contributed by atoms with Gasteiger partial charge in [0, 0.05) is 39.4 Å². The Bertz CT molecular complexity index is 2200. The molecule has 1 fully saturated rings. The minimum absolute atomic E-state index is 0.0335. The third-order valence-electron chi connectivity index (χ3n) is 12.2. The summed E-state index contributed by atoms with van der Waals surface area (Å²) in [7, 11) is 0. The summed E-state index contributed by atoms with van der Waals surface area (Å²) in [6, 6.07) is 25.2. The van der Waals surface area contributed by atoms with Gasteiger partial charge >= 0.3 is 0 Å². The van der Waals surface area contributed by atoms with Crippen molar-refractivity contribution in [2.45, 2.75) is 64.6 Å². The van der Waals surface area contributed by atoms with Crippen LogP contribution in [-0.4, -0.2) is 37.6 Å². The molecule has 3 aliphatic carbocycles. The predicted octanol–water partition coefficient (Wildman–Crippen LogP) is 9.89. The molecule has 9 rings (SSSR count). The highest BCUT2D eigenvalue weighted by molar-refractivity contribution is 6.09. The lowest BCUT2D eigenvalue weighted by atomic mass is 9.74. The molecule has 0 spiro atoms. The average Bonchev–Trinajstić information content (AvgIpc) is 3.47. The van der Waals surface area contributed by atoms with Crippen LogP contribution in [0, 0.1) is 24.7 Å². The molecular formula is C44H44N3+. The van der Waals surface area contributed by atoms with Crippen LogP contribution in [-0.2, 0) is 0 Å². The maximum absolute atomic E-state index is 2.89. The largest absolute Gasteiger partial charge is 0.277 e. The van der Waals surface area contributed by atoms with Gasteiger partial charge in [-0.1, -0.05) is 109 Å². The fraction of sp³-hybridized carbons (Fsp3) is 0.295. The fourth-order valence-electron chi connectivity index (χ4n) is 9.49. The minimum atomic E-state index is -0.0490. The first-order valence-corrected chi connectivity index (χ1v) is 17.5. The number of rotatable bonds is 4. The summed E-state index contributed by atoms with van der Waals surface area (Å²) in [6.07, 6.45) is 26.1. The Morgan fingerprint density at radius 1 is 0.851 bits per heavy atom. The molecule has 6 unspecified atom stereocenters. The molecule has 0 radical (unpaired) electrons. The second-order valence-corrected chi connectivity index (χ2v) is 15.0. The third kappa shape index (κ3) is 4.05. The summed E-state index contributed by atoms with van der Waals surface area (Å²) in [5.74, 6) is 1.66. The van der Waals surface area contributed by atoms with E-state index in [1.807, 2.05) is 0 Å². The van der Waals surface area contributed by atoms with E-state index in [2.05, 4.69) is 177 Å². The van der Waals surface area contributed by atoms with Gasteiger partial charge in [-0.3, -0.25) is 4.90 Å². The van der Waals surface area contributed by atoms with Crippen molar-refractivity contribution < 1.29 is 4.68 Å². The van der Waals surface area contributed by atoms with Gasteiger partial charge in [-0.2, -0.15) is 0 Å². The van der Waals surface area contributed by atoms with Crippen LogP contribution in [0.5, 0.6) is 0 Å². The summed E-state index contributed by atoms with van der Waals surface area (Å²) in [5, 5.41) is 2.58. The Morgan fingerprint density at radius 2 is 1.70 bits per heavy atom. The molecule has 1 saturated heterocycles. The molecule has 0 amide bonds. The first-order chi connectivity index (χ1) is 22.8. The van der Waals surface area contributed by atoms with Crippen LogP contribution in [0.3, 0.4) is 0 Å². The molecule has 2 aliphatic heterocycles. The van der Waals surface area contributed by atoms with Crippen molar-refractivity contribution in [3.8, 4) is 0 Å². The Hall–Kier alpha value is -4.47. The lowest BCUT2D eigenvalue weighted by Gasteiger charge is -2.51. The van der Waals surface area contributed by atoms with E-state index in [1.54, 1.807) is 5.57 Å². The summed E-state index contributed by atoms with van der Waals surface area (Å²) in [5.41, 5.74) is 10.3. The molecule has 47 heavy (non-hydrogen) atoms. The predicted molar refractivity (Wildman–Crippen MR) is 197 cm³/mol. The van der Waals surface area contributed by atoms with Gasteiger partial charge in [-0.25, -0.2) is 0 Å². The molecule has 1 aromatic heterocycles. The van der Waals surface area contributed by atoms with Crippen molar-refractivity contribution in [1.82, 2.24) is 9.58 Å². The maximum Gasteiger partial charge on any atom is 0.249 e. The van der Waals surface area contributed by atoms with Gasteiger partial charge in [0.2, 0.25) is 11.9 Å². The molecule has 6 atom stereocenters. The minimum Gasteiger partial charge on any atom is -0.277 e. The molecule has 5 aliphatic rings. The van der Waals surface area contributed by atoms with Gasteiger partial charge in [-0.05, 0) is 92.5 Å². The second kappa shape index (κ2) is 10.3. The average molecular weight is 615 g/mol. The molecule has 0 bridgehead atoms. The van der Waals surface area contributed by atoms with Crippen molar-refractivity contribution in [3.63, 3.8) is 0 Å². The normalized spacial score (nSPS) is 31.3. The van der Waals surface area contributed by atoms with Gasteiger partial charge in [0.25, 0.3) is 0 Å². The van der Waals surface area contributed by atoms with Crippen LogP contribution in [0.25, 0.3) is 33.1 Å². The van der Waals surface area contributed by atoms with E-state index in [0.29, 0.717) is 23.8 Å². The van der Waals surface area contributed by atoms with Crippen LogP contribution in [0.1, 0.15) is 57.2 Å². The topological polar surface area (TPSA) is 11.2 Å². The number of para-hydroxylation sites is 1. The molecule has 0 N–H and O–H groups in total. The first-order valence-electron chi connectivity index (χ1n) is 17.5. The van der Waals surface area contributed by atoms with Gasteiger partial charge in [-0.15, -0.1) is 4.68 Å². The number of allylic oxidation sites excluding steroid dienone is 6. The highest BCUT2D eigenvalue weighted by atomic mass is 15.5. The fourth-order valence-corrected chi connectivity index (χ4v) is 9.49. The van der Waals surface area contributed by atoms with Crippen molar-refractivity contribution >= 4 is 39.3 Å². The van der Waals surface area contributed by atoms with E-state index in [9.17, 15) is 0 Å². The lowest BCUT2D eigenvalue weighted by molar-refractivity contribution is -0.490. The van der Waals surface area contributed by atoms with Gasteiger partial charge in [0.15, 0.2) is 0 Å². The van der Waals surface area contributed by atoms with E-state index >= 15 is 0 Å². The number of benzene rings is 3. The molecular weight excluding hydrogens is 571 g/mol. The molecule has 3 nitrogen and oxygen atoms in total. The van der Waals surface area contributed by atoms with E-state index in [0.717, 1.165) is 6.42 Å². The van der Waals surface area contributed by atoms with Crippen molar-refractivity contribution in [2.75, 3.05) is 0 Å². The first kappa shape index (κ1) is 28.7. The zero-order valence-corrected chi connectivity index (χ0v) is 28.2. The van der Waals surface area contributed by atoms with Gasteiger partial charge < -0.3 is 0 Å². The summed E-state index contributed by atoms with van der Waals surface area (Å²) in [4.78, 5) is 2.89. The Kier molecular flexibility index (Phi) is 6.27. The number of nitrogens with zero attached hydrogens (tertiary/aromatic N) is 3. The quantitative estimate of drug-likeness (QED) is 0.164. The van der Waals surface area contributed by atoms with Crippen molar-refractivity contribution in [1.29, 1.82) is 0 Å². The SMILES string of the molecule is Cc1cccc(C2=CC=[N+]2n2c3ccccc3c3cc(C4=CCC5(C)C(=C4)C4C=CC=CC4(C)N5C4C=CCC(C)C4C)ccc32)c1. The smallest absolute Gasteiger partial charge is 0.249 e. The second-order valence-electron chi connectivity index (χ2n) is 15.0. The Labute approximate surface area is 278 Å². The Morgan fingerprint density at radius 3 is 2.53 bits per heavy atom. The zero-order valence-electron chi connectivity index (χ0n) is 28.2. The summed E-state index contributed by atoms with van der Waals surface area (Å²) >= 11 is 0. The van der Waals surface area contributed by atoms with Crippen LogP contribution in [0.4, 0.5) is 0 Å². The zero-order chi connectivity index (χ0) is 32.1. The van der Waals surface area contributed by atoms with E-state index < -0.39 is 0 Å². The molecule has 0 saturated carbocycles. The number of hydrogen-bond donors (Lipinski definition) is 0. The van der Waals surface area contributed by atoms with Crippen LogP contribution >= 0.6 is 0 Å². The third-order valence-corrected chi connectivity index (χ3v) is 12.2. The van der Waals surface area contributed by atoms with E-state index in [-0.39, 0.29) is 11.1 Å². The highest BCUT2D eigenvalue weighted by Crippen LogP contribution is 2.58. The number of likely N-dealkylation sites (tertiary alicyclic amines) is 1. The molecule has 4 aromatic rings. The van der Waals surface area contributed by atoms with E-state index in [1.165, 1.54) is 56.2 Å². The number of hydrogen-bond acceptors (Lipinski definition) is 1. The molecule has 3 heteroatoms. The van der Waals surface area contributed by atoms with Gasteiger partial charge in [0.1, 0.15) is 11.0 Å². The summed E-state index contributed by atoms with van der Waals surface area (Å²) < 4.78 is 4.70. The van der Waals surface area contributed by atoms with Crippen LogP contribution < -0.4 is 0 Å². The molecule has 3 heterocycles. The number of aryl methyl sites for hydroxylation is 1. The van der Waals surface area contributed by atoms with Gasteiger partial charge in [0.05, 0.1) is 6.08 Å².